The number of thiophene rings is 1. The molecule has 0 saturated carbocycles. The van der Waals surface area contributed by atoms with Crippen LogP contribution in [0.15, 0.2) is 40.2 Å². The SMILES string of the molecule is CC(NCc1sccc1N)c1ccc(Br)cc1. The van der Waals surface area contributed by atoms with Crippen LogP contribution in [0.2, 0.25) is 0 Å². The fourth-order valence-corrected chi connectivity index (χ4v) is 2.62. The number of nitrogens with one attached hydrogen (secondary N) is 1. The van der Waals surface area contributed by atoms with E-state index in [1.165, 1.54) is 10.4 Å². The number of hydrogen-bond donors (Lipinski definition) is 2. The first-order valence-electron chi connectivity index (χ1n) is 5.47. The van der Waals surface area contributed by atoms with Crippen molar-refractivity contribution in [2.75, 3.05) is 5.73 Å². The summed E-state index contributed by atoms with van der Waals surface area (Å²) in [6.07, 6.45) is 0. The average Bonchev–Trinajstić information content (AvgIpc) is 2.73. The molecule has 0 aliphatic rings. The van der Waals surface area contributed by atoms with Gasteiger partial charge < -0.3 is 11.1 Å². The van der Waals surface area contributed by atoms with Crippen LogP contribution in [-0.4, -0.2) is 0 Å². The predicted octanol–water partition coefficient (Wildman–Crippen LogP) is 3.94. The molecule has 1 heterocycles. The van der Waals surface area contributed by atoms with Gasteiger partial charge in [0.15, 0.2) is 0 Å². The van der Waals surface area contributed by atoms with Gasteiger partial charge in [-0.25, -0.2) is 0 Å². The normalized spacial score (nSPS) is 12.6. The van der Waals surface area contributed by atoms with Crippen LogP contribution in [-0.2, 0) is 6.54 Å². The van der Waals surface area contributed by atoms with Crippen molar-refractivity contribution in [2.24, 2.45) is 0 Å². The highest BCUT2D eigenvalue weighted by Gasteiger charge is 2.06. The second kappa shape index (κ2) is 5.67. The van der Waals surface area contributed by atoms with Crippen molar-refractivity contribution in [1.29, 1.82) is 0 Å². The van der Waals surface area contributed by atoms with E-state index < -0.39 is 0 Å². The highest BCUT2D eigenvalue weighted by molar-refractivity contribution is 9.10. The lowest BCUT2D eigenvalue weighted by Crippen LogP contribution is -2.17. The van der Waals surface area contributed by atoms with Gasteiger partial charge in [0.25, 0.3) is 0 Å². The lowest BCUT2D eigenvalue weighted by atomic mass is 10.1. The molecule has 0 fully saturated rings. The minimum atomic E-state index is 0.324. The second-order valence-electron chi connectivity index (χ2n) is 3.95. The molecule has 0 aliphatic heterocycles. The van der Waals surface area contributed by atoms with Gasteiger partial charge in [-0.3, -0.25) is 0 Å². The number of benzene rings is 1. The van der Waals surface area contributed by atoms with Gasteiger partial charge in [0, 0.05) is 27.6 Å². The highest BCUT2D eigenvalue weighted by atomic mass is 79.9. The molecule has 0 spiro atoms. The summed E-state index contributed by atoms with van der Waals surface area (Å²) >= 11 is 5.13. The van der Waals surface area contributed by atoms with E-state index in [2.05, 4.69) is 52.4 Å². The molecule has 4 heteroatoms. The Morgan fingerprint density at radius 2 is 2.00 bits per heavy atom. The molecule has 1 atom stereocenters. The summed E-state index contributed by atoms with van der Waals surface area (Å²) in [4.78, 5) is 1.20. The Morgan fingerprint density at radius 3 is 2.59 bits per heavy atom. The molecule has 0 radical (unpaired) electrons. The molecule has 2 aromatic rings. The van der Waals surface area contributed by atoms with Gasteiger partial charge >= 0.3 is 0 Å². The lowest BCUT2D eigenvalue weighted by Gasteiger charge is -2.14. The summed E-state index contributed by atoms with van der Waals surface area (Å²) in [6, 6.07) is 10.6. The number of nitrogens with two attached hydrogens (primary N) is 1. The maximum absolute atomic E-state index is 5.85. The van der Waals surface area contributed by atoms with Crippen molar-refractivity contribution in [3.05, 3.63) is 50.6 Å². The second-order valence-corrected chi connectivity index (χ2v) is 5.87. The van der Waals surface area contributed by atoms with E-state index in [9.17, 15) is 0 Å². The lowest BCUT2D eigenvalue weighted by molar-refractivity contribution is 0.579. The third-order valence-corrected chi connectivity index (χ3v) is 4.18. The van der Waals surface area contributed by atoms with Gasteiger partial charge in [-0.1, -0.05) is 28.1 Å². The van der Waals surface area contributed by atoms with Crippen molar-refractivity contribution in [3.8, 4) is 0 Å². The van der Waals surface area contributed by atoms with Gasteiger partial charge in [0.05, 0.1) is 0 Å². The summed E-state index contributed by atoms with van der Waals surface area (Å²) in [5, 5.41) is 5.50. The standard InChI is InChI=1S/C13H15BrN2S/c1-9(10-2-4-11(14)5-3-10)16-8-13-12(15)6-7-17-13/h2-7,9,16H,8,15H2,1H3. The molecule has 0 bridgehead atoms. The molecule has 0 aliphatic carbocycles. The van der Waals surface area contributed by atoms with Crippen LogP contribution in [0.5, 0.6) is 0 Å². The summed E-state index contributed by atoms with van der Waals surface area (Å²) in [5.41, 5.74) is 8.01. The maximum Gasteiger partial charge on any atom is 0.0468 e. The summed E-state index contributed by atoms with van der Waals surface area (Å²) < 4.78 is 1.11. The molecule has 17 heavy (non-hydrogen) atoms. The van der Waals surface area contributed by atoms with Crippen LogP contribution in [0.1, 0.15) is 23.4 Å². The minimum absolute atomic E-state index is 0.324. The highest BCUT2D eigenvalue weighted by Crippen LogP contribution is 2.21. The predicted molar refractivity (Wildman–Crippen MR) is 78.1 cm³/mol. The molecule has 2 nitrogen and oxygen atoms in total. The van der Waals surface area contributed by atoms with Crippen LogP contribution < -0.4 is 11.1 Å². The van der Waals surface area contributed by atoms with Crippen molar-refractivity contribution in [1.82, 2.24) is 5.32 Å². The van der Waals surface area contributed by atoms with Gasteiger partial charge in [-0.2, -0.15) is 0 Å². The van der Waals surface area contributed by atoms with Crippen LogP contribution in [0.3, 0.4) is 0 Å². The van der Waals surface area contributed by atoms with Gasteiger partial charge in [-0.05, 0) is 36.1 Å². The van der Waals surface area contributed by atoms with Crippen LogP contribution in [0.25, 0.3) is 0 Å². The van der Waals surface area contributed by atoms with E-state index in [1.54, 1.807) is 11.3 Å². The van der Waals surface area contributed by atoms with E-state index in [4.69, 9.17) is 5.73 Å². The zero-order valence-electron chi connectivity index (χ0n) is 9.61. The minimum Gasteiger partial charge on any atom is -0.398 e. The Bertz CT molecular complexity index is 478. The molecule has 2 rings (SSSR count). The first-order valence-corrected chi connectivity index (χ1v) is 7.15. The number of halogens is 1. The smallest absolute Gasteiger partial charge is 0.0468 e. The van der Waals surface area contributed by atoms with Gasteiger partial charge in [-0.15, -0.1) is 11.3 Å². The molecular weight excluding hydrogens is 296 g/mol. The quantitative estimate of drug-likeness (QED) is 0.897. The van der Waals surface area contributed by atoms with Crippen LogP contribution >= 0.6 is 27.3 Å². The molecule has 90 valence electrons. The fraction of sp³-hybridized carbons (Fsp3) is 0.231. The van der Waals surface area contributed by atoms with Crippen LogP contribution in [0.4, 0.5) is 5.69 Å². The van der Waals surface area contributed by atoms with Crippen molar-refractivity contribution in [2.45, 2.75) is 19.5 Å². The summed E-state index contributed by atoms with van der Waals surface area (Å²) in [5.74, 6) is 0. The molecule has 0 saturated heterocycles. The number of hydrogen-bond acceptors (Lipinski definition) is 3. The number of anilines is 1. The van der Waals surface area contributed by atoms with E-state index in [1.807, 2.05) is 11.4 Å². The zero-order chi connectivity index (χ0) is 12.3. The van der Waals surface area contributed by atoms with E-state index in [0.29, 0.717) is 6.04 Å². The number of nitrogen functional groups attached to an aromatic ring is 1. The average molecular weight is 311 g/mol. The monoisotopic (exact) mass is 310 g/mol. The van der Waals surface area contributed by atoms with Gasteiger partial charge in [0.1, 0.15) is 0 Å². The van der Waals surface area contributed by atoms with E-state index in [-0.39, 0.29) is 0 Å². The molecule has 1 aromatic carbocycles. The molecule has 3 N–H and O–H groups in total. The largest absolute Gasteiger partial charge is 0.398 e. The number of rotatable bonds is 4. The van der Waals surface area contributed by atoms with Crippen LogP contribution in [0, 0.1) is 0 Å². The zero-order valence-corrected chi connectivity index (χ0v) is 12.0. The maximum atomic E-state index is 5.85. The Kier molecular flexibility index (Phi) is 4.20. The molecule has 1 unspecified atom stereocenters. The third kappa shape index (κ3) is 3.31. The van der Waals surface area contributed by atoms with Gasteiger partial charge in [0.2, 0.25) is 0 Å². The van der Waals surface area contributed by atoms with E-state index >= 15 is 0 Å². The fourth-order valence-electron chi connectivity index (χ4n) is 1.61. The Labute approximate surface area is 114 Å². The summed E-state index contributed by atoms with van der Waals surface area (Å²) in [7, 11) is 0. The molecular formula is C13H15BrN2S. The first-order chi connectivity index (χ1) is 8.16. The van der Waals surface area contributed by atoms with Crippen molar-refractivity contribution in [3.63, 3.8) is 0 Å². The van der Waals surface area contributed by atoms with Crippen molar-refractivity contribution < 1.29 is 0 Å². The van der Waals surface area contributed by atoms with Crippen molar-refractivity contribution >= 4 is 33.0 Å². The van der Waals surface area contributed by atoms with E-state index in [0.717, 1.165) is 16.7 Å². The Balaban J connectivity index is 1.95. The Hall–Kier alpha value is -0.840. The topological polar surface area (TPSA) is 38.0 Å². The Morgan fingerprint density at radius 1 is 1.29 bits per heavy atom. The molecule has 0 amide bonds. The summed E-state index contributed by atoms with van der Waals surface area (Å²) in [6.45, 7) is 2.98. The molecule has 1 aromatic heterocycles. The third-order valence-electron chi connectivity index (χ3n) is 2.72. The first kappa shape index (κ1) is 12.6.